The number of likely N-dealkylation sites (N-methyl/N-ethyl adjacent to an activating group) is 1. The van der Waals surface area contributed by atoms with Crippen molar-refractivity contribution in [3.8, 4) is 0 Å². The summed E-state index contributed by atoms with van der Waals surface area (Å²) in [6, 6.07) is -0.714. The highest BCUT2D eigenvalue weighted by molar-refractivity contribution is 5.76. The summed E-state index contributed by atoms with van der Waals surface area (Å²) in [4.78, 5) is 22.5. The Balaban J connectivity index is 4.59. The minimum atomic E-state index is -0.987. The Labute approximate surface area is 108 Å². The average Bonchev–Trinajstić information content (AvgIpc) is 2.11. The van der Waals surface area contributed by atoms with E-state index in [1.807, 2.05) is 35.0 Å². The highest BCUT2D eigenvalue weighted by Gasteiger charge is 2.28. The molecule has 0 aliphatic rings. The van der Waals surface area contributed by atoms with Crippen LogP contribution in [0.1, 0.15) is 20.3 Å². The maximum absolute atomic E-state index is 11.7. The summed E-state index contributed by atoms with van der Waals surface area (Å²) in [5, 5.41) is 8.81. The fraction of sp³-hybridized carbons (Fsp3) is 0.833. The summed E-state index contributed by atoms with van der Waals surface area (Å²) in [7, 11) is 5.72. The van der Waals surface area contributed by atoms with Gasteiger partial charge < -0.3 is 20.1 Å². The van der Waals surface area contributed by atoms with Crippen LogP contribution in [0.2, 0.25) is 0 Å². The Morgan fingerprint density at radius 1 is 1.28 bits per heavy atom. The van der Waals surface area contributed by atoms with Crippen LogP contribution < -0.4 is 5.73 Å². The third kappa shape index (κ3) is 7.24. The van der Waals surface area contributed by atoms with Gasteiger partial charge in [0, 0.05) is 0 Å². The Morgan fingerprint density at radius 3 is 2.11 bits per heavy atom. The average molecular weight is 261 g/mol. The number of ether oxygens (including phenoxy) is 1. The van der Waals surface area contributed by atoms with Crippen LogP contribution in [0.25, 0.3) is 0 Å². The van der Waals surface area contributed by atoms with Crippen LogP contribution in [0, 0.1) is 5.92 Å². The van der Waals surface area contributed by atoms with E-state index in [9.17, 15) is 9.59 Å². The first-order valence-corrected chi connectivity index (χ1v) is 6.01. The Hall–Kier alpha value is -1.14. The summed E-state index contributed by atoms with van der Waals surface area (Å²) in [6.45, 7) is 4.07. The number of carboxylic acid groups (broad SMARTS) is 1. The second kappa shape index (κ2) is 6.70. The first-order valence-electron chi connectivity index (χ1n) is 6.01. The highest BCUT2D eigenvalue weighted by atomic mass is 16.5. The number of quaternary nitrogens is 1. The monoisotopic (exact) mass is 261 g/mol. The fourth-order valence-corrected chi connectivity index (χ4v) is 1.46. The number of carbonyl (C=O) groups excluding carboxylic acids is 1. The molecule has 0 fully saturated rings. The molecule has 18 heavy (non-hydrogen) atoms. The van der Waals surface area contributed by atoms with Gasteiger partial charge in [-0.1, -0.05) is 13.8 Å². The van der Waals surface area contributed by atoms with Gasteiger partial charge in [-0.2, -0.15) is 0 Å². The lowest BCUT2D eigenvalue weighted by atomic mass is 10.1. The molecule has 3 N–H and O–H groups in total. The number of carboxylic acids is 1. The number of esters is 1. The Bertz CT molecular complexity index is 297. The van der Waals surface area contributed by atoms with Gasteiger partial charge in [0.1, 0.15) is 12.6 Å². The molecule has 0 aromatic heterocycles. The molecule has 6 nitrogen and oxygen atoms in total. The van der Waals surface area contributed by atoms with Gasteiger partial charge in [0.15, 0.2) is 6.10 Å². The van der Waals surface area contributed by atoms with Gasteiger partial charge in [-0.05, 0) is 5.92 Å². The summed E-state index contributed by atoms with van der Waals surface area (Å²) in [5.41, 5.74) is 5.68. The molecule has 0 aromatic rings. The predicted molar refractivity (Wildman–Crippen MR) is 67.8 cm³/mol. The largest absolute Gasteiger partial charge is 0.481 e. The standard InChI is InChI=1S/C12H24N2O4/c1-8(2)11(13)12(17)18-9(6-10(15)16)7-14(3,4)5/h8-9,11H,6-7,13H2,1-5H3/p+1/t9-,11+/m1/s1. The van der Waals surface area contributed by atoms with Crippen molar-refractivity contribution in [2.75, 3.05) is 27.7 Å². The van der Waals surface area contributed by atoms with Crippen molar-refractivity contribution in [2.24, 2.45) is 11.7 Å². The van der Waals surface area contributed by atoms with E-state index < -0.39 is 24.1 Å². The molecule has 106 valence electrons. The van der Waals surface area contributed by atoms with Crippen molar-refractivity contribution in [2.45, 2.75) is 32.4 Å². The third-order valence-electron chi connectivity index (χ3n) is 2.43. The second-order valence-electron chi connectivity index (χ2n) is 5.90. The van der Waals surface area contributed by atoms with Crippen LogP contribution in [0.3, 0.4) is 0 Å². The molecule has 0 aliphatic heterocycles. The van der Waals surface area contributed by atoms with E-state index in [2.05, 4.69) is 0 Å². The molecule has 0 saturated carbocycles. The zero-order valence-corrected chi connectivity index (χ0v) is 11.8. The normalized spacial score (nSPS) is 15.3. The van der Waals surface area contributed by atoms with E-state index in [1.165, 1.54) is 0 Å². The van der Waals surface area contributed by atoms with Crippen LogP contribution in [0.15, 0.2) is 0 Å². The number of rotatable bonds is 7. The molecule has 0 aromatic carbocycles. The van der Waals surface area contributed by atoms with Gasteiger partial charge in [0.05, 0.1) is 27.6 Å². The van der Waals surface area contributed by atoms with E-state index in [0.717, 1.165) is 0 Å². The van der Waals surface area contributed by atoms with Crippen LogP contribution in [0.4, 0.5) is 0 Å². The molecule has 0 amide bonds. The molecule has 0 heterocycles. The van der Waals surface area contributed by atoms with Crippen LogP contribution in [-0.4, -0.2) is 61.4 Å². The van der Waals surface area contributed by atoms with Crippen molar-refractivity contribution in [1.82, 2.24) is 0 Å². The lowest BCUT2D eigenvalue weighted by Crippen LogP contribution is -2.46. The van der Waals surface area contributed by atoms with Crippen molar-refractivity contribution in [3.63, 3.8) is 0 Å². The lowest BCUT2D eigenvalue weighted by molar-refractivity contribution is -0.873. The topological polar surface area (TPSA) is 89.6 Å². The van der Waals surface area contributed by atoms with Crippen molar-refractivity contribution >= 4 is 11.9 Å². The molecule has 0 saturated heterocycles. The zero-order chi connectivity index (χ0) is 14.5. The number of hydrogen-bond donors (Lipinski definition) is 2. The van der Waals surface area contributed by atoms with E-state index in [0.29, 0.717) is 11.0 Å². The van der Waals surface area contributed by atoms with Gasteiger partial charge in [-0.25, -0.2) is 0 Å². The van der Waals surface area contributed by atoms with E-state index >= 15 is 0 Å². The number of nitrogens with two attached hydrogens (primary N) is 1. The van der Waals surface area contributed by atoms with Crippen molar-refractivity contribution in [3.05, 3.63) is 0 Å². The minimum absolute atomic E-state index is 0.0351. The smallest absolute Gasteiger partial charge is 0.323 e. The fourth-order valence-electron chi connectivity index (χ4n) is 1.46. The van der Waals surface area contributed by atoms with E-state index in [1.54, 1.807) is 0 Å². The first-order chi connectivity index (χ1) is 8.03. The molecule has 6 heteroatoms. The molecule has 0 rings (SSSR count). The summed E-state index contributed by atoms with van der Waals surface area (Å²) < 4.78 is 5.72. The van der Waals surface area contributed by atoms with Gasteiger partial charge >= 0.3 is 11.9 Å². The zero-order valence-electron chi connectivity index (χ0n) is 11.8. The number of hydrogen-bond acceptors (Lipinski definition) is 4. The molecular formula is C12H25N2O4+. The maximum atomic E-state index is 11.7. The second-order valence-corrected chi connectivity index (χ2v) is 5.90. The molecule has 0 spiro atoms. The minimum Gasteiger partial charge on any atom is -0.481 e. The number of aliphatic carboxylic acids is 1. The molecule has 2 atom stereocenters. The van der Waals surface area contributed by atoms with Crippen LogP contribution in [-0.2, 0) is 14.3 Å². The molecular weight excluding hydrogens is 236 g/mol. The summed E-state index contributed by atoms with van der Waals surface area (Å²) in [6.07, 6.45) is -0.855. The highest BCUT2D eigenvalue weighted by Crippen LogP contribution is 2.08. The van der Waals surface area contributed by atoms with Crippen molar-refractivity contribution in [1.29, 1.82) is 0 Å². The van der Waals surface area contributed by atoms with E-state index in [4.69, 9.17) is 15.6 Å². The van der Waals surface area contributed by atoms with Gasteiger partial charge in [0.25, 0.3) is 0 Å². The summed E-state index contributed by atoms with van der Waals surface area (Å²) in [5.74, 6) is -1.56. The van der Waals surface area contributed by atoms with Crippen LogP contribution >= 0.6 is 0 Å². The maximum Gasteiger partial charge on any atom is 0.323 e. The van der Waals surface area contributed by atoms with Gasteiger partial charge in [0.2, 0.25) is 0 Å². The van der Waals surface area contributed by atoms with Gasteiger partial charge in [-0.3, -0.25) is 9.59 Å². The Morgan fingerprint density at radius 2 is 1.78 bits per heavy atom. The predicted octanol–water partition coefficient (Wildman–Crippen LogP) is 0.0624. The molecule has 0 bridgehead atoms. The van der Waals surface area contributed by atoms with Gasteiger partial charge in [-0.15, -0.1) is 0 Å². The molecule has 0 aliphatic carbocycles. The Kier molecular flexibility index (Phi) is 6.28. The third-order valence-corrected chi connectivity index (χ3v) is 2.43. The van der Waals surface area contributed by atoms with E-state index in [-0.39, 0.29) is 12.3 Å². The molecule has 0 unspecified atom stereocenters. The quantitative estimate of drug-likeness (QED) is 0.500. The first kappa shape index (κ1) is 16.9. The lowest BCUT2D eigenvalue weighted by Gasteiger charge is -2.29. The SMILES string of the molecule is CC(C)[C@H](N)C(=O)O[C@H](CC(=O)O)C[N+](C)(C)C. The van der Waals surface area contributed by atoms with Crippen LogP contribution in [0.5, 0.6) is 0 Å². The van der Waals surface area contributed by atoms with Crippen molar-refractivity contribution < 1.29 is 23.9 Å². The number of nitrogens with zero attached hydrogens (tertiary/aromatic N) is 1. The summed E-state index contributed by atoms with van der Waals surface area (Å²) >= 11 is 0. The molecule has 0 radical (unpaired) electrons. The number of carbonyl (C=O) groups is 2.